The van der Waals surface area contributed by atoms with Crippen LogP contribution in [0.15, 0.2) is 35.3 Å². The van der Waals surface area contributed by atoms with E-state index in [0.29, 0.717) is 12.6 Å². The summed E-state index contributed by atoms with van der Waals surface area (Å²) in [4.78, 5) is 7.04. The molecule has 1 unspecified atom stereocenters. The maximum absolute atomic E-state index is 4.78. The molecule has 1 heterocycles. The van der Waals surface area contributed by atoms with E-state index in [1.165, 1.54) is 16.8 Å². The monoisotopic (exact) mass is 370 g/mol. The highest BCUT2D eigenvalue weighted by Gasteiger charge is 2.14. The van der Waals surface area contributed by atoms with Gasteiger partial charge in [-0.15, -0.1) is 0 Å². The summed E-state index contributed by atoms with van der Waals surface area (Å²) in [5, 5.41) is 11.3. The number of nitrogens with one attached hydrogen (secondary N) is 2. The second kappa shape index (κ2) is 10.1. The fourth-order valence-corrected chi connectivity index (χ4v) is 3.08. The highest BCUT2D eigenvalue weighted by Crippen LogP contribution is 2.13. The number of hydrogen-bond acceptors (Lipinski definition) is 3. The van der Waals surface area contributed by atoms with Crippen LogP contribution in [-0.4, -0.2) is 53.9 Å². The van der Waals surface area contributed by atoms with E-state index in [2.05, 4.69) is 78.9 Å². The minimum atomic E-state index is 0.387. The van der Waals surface area contributed by atoms with Crippen molar-refractivity contribution < 1.29 is 0 Å². The van der Waals surface area contributed by atoms with E-state index in [1.54, 1.807) is 0 Å². The van der Waals surface area contributed by atoms with Crippen LogP contribution in [0.1, 0.15) is 29.4 Å². The fraction of sp³-hybridized carbons (Fsp3) is 0.524. The average Bonchev–Trinajstić information content (AvgIpc) is 2.88. The van der Waals surface area contributed by atoms with Crippen molar-refractivity contribution in [1.82, 2.24) is 25.3 Å². The molecule has 0 radical (unpaired) electrons. The highest BCUT2D eigenvalue weighted by molar-refractivity contribution is 5.79. The molecule has 0 saturated carbocycles. The normalized spacial score (nSPS) is 13.1. The Morgan fingerprint density at radius 3 is 2.44 bits per heavy atom. The Labute approximate surface area is 163 Å². The van der Waals surface area contributed by atoms with Gasteiger partial charge in [0, 0.05) is 37.4 Å². The lowest BCUT2D eigenvalue weighted by Gasteiger charge is -2.25. The zero-order valence-corrected chi connectivity index (χ0v) is 17.6. The van der Waals surface area contributed by atoms with Gasteiger partial charge < -0.3 is 15.5 Å². The molecule has 0 fully saturated rings. The highest BCUT2D eigenvalue weighted by atomic mass is 15.3. The van der Waals surface area contributed by atoms with Crippen molar-refractivity contribution in [2.45, 2.75) is 39.8 Å². The maximum Gasteiger partial charge on any atom is 0.191 e. The van der Waals surface area contributed by atoms with E-state index in [1.807, 2.05) is 18.7 Å². The van der Waals surface area contributed by atoms with Gasteiger partial charge in [-0.2, -0.15) is 5.10 Å². The fourth-order valence-electron chi connectivity index (χ4n) is 3.08. The molecule has 0 aliphatic rings. The summed E-state index contributed by atoms with van der Waals surface area (Å²) in [5.74, 6) is 0.847. The first-order valence-electron chi connectivity index (χ1n) is 9.64. The van der Waals surface area contributed by atoms with Crippen molar-refractivity contribution in [2.75, 3.05) is 27.2 Å². The molecule has 148 valence electrons. The van der Waals surface area contributed by atoms with Gasteiger partial charge in [0.2, 0.25) is 0 Å². The molecule has 1 atom stereocenters. The molecule has 0 bridgehead atoms. The molecule has 2 rings (SSSR count). The lowest BCUT2D eigenvalue weighted by Crippen LogP contribution is -2.46. The lowest BCUT2D eigenvalue weighted by atomic mass is 10.1. The Morgan fingerprint density at radius 1 is 1.19 bits per heavy atom. The lowest BCUT2D eigenvalue weighted by molar-refractivity contribution is 0.290. The van der Waals surface area contributed by atoms with E-state index < -0.39 is 0 Å². The standard InChI is InChI=1S/C21H34N6/c1-7-22-21(24-15-20-16(2)25-27(6)17(20)3)23-14-19(26(4)5)13-18-11-9-8-10-12-18/h8-12,19H,7,13-15H2,1-6H3,(H2,22,23,24). The molecule has 0 spiro atoms. The van der Waals surface area contributed by atoms with Crippen LogP contribution < -0.4 is 10.6 Å². The SMILES string of the molecule is CCNC(=NCc1c(C)nn(C)c1C)NCC(Cc1ccccc1)N(C)C. The Balaban J connectivity index is 2.02. The van der Waals surface area contributed by atoms with E-state index in [9.17, 15) is 0 Å². The first-order valence-corrected chi connectivity index (χ1v) is 9.64. The quantitative estimate of drug-likeness (QED) is 0.553. The number of benzene rings is 1. The number of likely N-dealkylation sites (N-methyl/N-ethyl adjacent to an activating group) is 1. The first-order chi connectivity index (χ1) is 12.9. The number of aromatic nitrogens is 2. The van der Waals surface area contributed by atoms with E-state index >= 15 is 0 Å². The van der Waals surface area contributed by atoms with Gasteiger partial charge in [-0.1, -0.05) is 30.3 Å². The summed E-state index contributed by atoms with van der Waals surface area (Å²) in [7, 11) is 6.23. The first kappa shape index (κ1) is 21.0. The number of rotatable bonds is 8. The van der Waals surface area contributed by atoms with Crippen molar-refractivity contribution in [1.29, 1.82) is 0 Å². The van der Waals surface area contributed by atoms with Gasteiger partial charge in [0.1, 0.15) is 0 Å². The molecule has 0 aliphatic carbocycles. The molecule has 2 N–H and O–H groups in total. The van der Waals surface area contributed by atoms with Gasteiger partial charge >= 0.3 is 0 Å². The number of hydrogen-bond donors (Lipinski definition) is 2. The third kappa shape index (κ3) is 6.10. The molecule has 2 aromatic rings. The van der Waals surface area contributed by atoms with Crippen LogP contribution >= 0.6 is 0 Å². The van der Waals surface area contributed by atoms with Crippen LogP contribution in [0.4, 0.5) is 0 Å². The van der Waals surface area contributed by atoms with Crippen LogP contribution in [0.2, 0.25) is 0 Å². The summed E-state index contributed by atoms with van der Waals surface area (Å²) in [6.07, 6.45) is 1.00. The minimum Gasteiger partial charge on any atom is -0.357 e. The van der Waals surface area contributed by atoms with Crippen LogP contribution in [0.3, 0.4) is 0 Å². The maximum atomic E-state index is 4.78. The Hall–Kier alpha value is -2.34. The predicted octanol–water partition coefficient (Wildman–Crippen LogP) is 2.26. The molecule has 1 aromatic heterocycles. The minimum absolute atomic E-state index is 0.387. The summed E-state index contributed by atoms with van der Waals surface area (Å²) in [5.41, 5.74) is 4.76. The van der Waals surface area contributed by atoms with E-state index in [4.69, 9.17) is 4.99 Å². The molecule has 6 nitrogen and oxygen atoms in total. The molecule has 0 aliphatic heterocycles. The summed E-state index contributed by atoms with van der Waals surface area (Å²) in [6, 6.07) is 11.0. The van der Waals surface area contributed by atoms with Gasteiger partial charge in [-0.3, -0.25) is 4.68 Å². The van der Waals surface area contributed by atoms with Gasteiger partial charge in [0.15, 0.2) is 5.96 Å². The van der Waals surface area contributed by atoms with Crippen LogP contribution in [0.25, 0.3) is 0 Å². The van der Waals surface area contributed by atoms with Crippen molar-refractivity contribution >= 4 is 5.96 Å². The van der Waals surface area contributed by atoms with Crippen LogP contribution in [0, 0.1) is 13.8 Å². The van der Waals surface area contributed by atoms with Gasteiger partial charge in [-0.25, -0.2) is 4.99 Å². The van der Waals surface area contributed by atoms with Crippen LogP contribution in [0.5, 0.6) is 0 Å². The number of aryl methyl sites for hydroxylation is 2. The third-order valence-electron chi connectivity index (χ3n) is 4.95. The summed E-state index contributed by atoms with van der Waals surface area (Å²) < 4.78 is 1.92. The molecular weight excluding hydrogens is 336 g/mol. The summed E-state index contributed by atoms with van der Waals surface area (Å²) >= 11 is 0. The zero-order chi connectivity index (χ0) is 19.8. The number of guanidine groups is 1. The van der Waals surface area contributed by atoms with Crippen LogP contribution in [-0.2, 0) is 20.0 Å². The predicted molar refractivity (Wildman–Crippen MR) is 113 cm³/mol. The molecular formula is C21H34N6. The topological polar surface area (TPSA) is 57.5 Å². The Kier molecular flexibility index (Phi) is 7.85. The molecule has 6 heteroatoms. The number of aliphatic imine (C=N–C) groups is 1. The molecule has 1 aromatic carbocycles. The molecule has 0 amide bonds. The third-order valence-corrected chi connectivity index (χ3v) is 4.95. The smallest absolute Gasteiger partial charge is 0.191 e. The van der Waals surface area contributed by atoms with Gasteiger partial charge in [0.05, 0.1) is 12.2 Å². The van der Waals surface area contributed by atoms with E-state index in [-0.39, 0.29) is 0 Å². The average molecular weight is 371 g/mol. The van der Waals surface area contributed by atoms with Gasteiger partial charge in [-0.05, 0) is 46.9 Å². The Morgan fingerprint density at radius 2 is 1.89 bits per heavy atom. The zero-order valence-electron chi connectivity index (χ0n) is 17.6. The van der Waals surface area contributed by atoms with E-state index in [0.717, 1.165) is 31.2 Å². The van der Waals surface area contributed by atoms with Crippen molar-refractivity contribution in [2.24, 2.45) is 12.0 Å². The molecule has 27 heavy (non-hydrogen) atoms. The van der Waals surface area contributed by atoms with Crippen molar-refractivity contribution in [3.8, 4) is 0 Å². The second-order valence-corrected chi connectivity index (χ2v) is 7.16. The summed E-state index contributed by atoms with van der Waals surface area (Å²) in [6.45, 7) is 8.52. The van der Waals surface area contributed by atoms with Crippen molar-refractivity contribution in [3.05, 3.63) is 52.8 Å². The van der Waals surface area contributed by atoms with Gasteiger partial charge in [0.25, 0.3) is 0 Å². The second-order valence-electron chi connectivity index (χ2n) is 7.16. The largest absolute Gasteiger partial charge is 0.357 e. The Bertz CT molecular complexity index is 733. The number of nitrogens with zero attached hydrogens (tertiary/aromatic N) is 4. The van der Waals surface area contributed by atoms with Crippen molar-refractivity contribution in [3.63, 3.8) is 0 Å². The molecule has 0 saturated heterocycles.